The Kier molecular flexibility index (Phi) is 5.87. The Morgan fingerprint density at radius 2 is 1.84 bits per heavy atom. The number of methoxy groups -OCH3 is 1. The summed E-state index contributed by atoms with van der Waals surface area (Å²) in [6, 6.07) is 12.0. The maximum absolute atomic E-state index is 5.45. The highest BCUT2D eigenvalue weighted by Crippen LogP contribution is 2.25. The van der Waals surface area contributed by atoms with E-state index >= 15 is 0 Å². The molecule has 1 atom stereocenters. The van der Waals surface area contributed by atoms with Crippen LogP contribution in [0.25, 0.3) is 0 Å². The van der Waals surface area contributed by atoms with Crippen LogP contribution in [-0.4, -0.2) is 19.3 Å². The van der Waals surface area contributed by atoms with Crippen LogP contribution in [0.15, 0.2) is 30.3 Å². The summed E-state index contributed by atoms with van der Waals surface area (Å²) in [6.45, 7) is 2.26. The Labute approximate surface area is 117 Å². The summed E-state index contributed by atoms with van der Waals surface area (Å²) < 4.78 is 5.45. The maximum atomic E-state index is 5.45. The van der Waals surface area contributed by atoms with Crippen molar-refractivity contribution in [1.82, 2.24) is 5.32 Å². The van der Waals surface area contributed by atoms with E-state index in [1.54, 1.807) is 0 Å². The quantitative estimate of drug-likeness (QED) is 0.833. The summed E-state index contributed by atoms with van der Waals surface area (Å²) in [7, 11) is 1.84. The van der Waals surface area contributed by atoms with E-state index in [-0.39, 0.29) is 0 Å². The largest absolute Gasteiger partial charge is 0.381 e. The number of nitrogens with one attached hydrogen (secondary N) is 1. The van der Waals surface area contributed by atoms with Crippen molar-refractivity contribution in [3.63, 3.8) is 0 Å². The summed E-state index contributed by atoms with van der Waals surface area (Å²) >= 11 is 0. The lowest BCUT2D eigenvalue weighted by atomic mass is 9.91. The highest BCUT2D eigenvalue weighted by molar-refractivity contribution is 5.19. The molecule has 2 rings (SSSR count). The molecule has 0 aliphatic heterocycles. The zero-order valence-corrected chi connectivity index (χ0v) is 12.3. The zero-order chi connectivity index (χ0) is 13.5. The average molecular weight is 261 g/mol. The fourth-order valence-corrected chi connectivity index (χ4v) is 3.07. The molecule has 19 heavy (non-hydrogen) atoms. The van der Waals surface area contributed by atoms with Crippen molar-refractivity contribution in [2.75, 3.05) is 7.11 Å². The normalized spacial score (nSPS) is 25.2. The number of hydrogen-bond acceptors (Lipinski definition) is 2. The van der Waals surface area contributed by atoms with E-state index in [0.29, 0.717) is 18.2 Å². The van der Waals surface area contributed by atoms with Crippen LogP contribution in [0.5, 0.6) is 0 Å². The molecule has 1 N–H and O–H groups in total. The lowest BCUT2D eigenvalue weighted by Gasteiger charge is -2.32. The van der Waals surface area contributed by atoms with Gasteiger partial charge in [0.05, 0.1) is 6.10 Å². The first kappa shape index (κ1) is 14.5. The minimum Gasteiger partial charge on any atom is -0.381 e. The standard InChI is InChI=1S/C17H27NO/c1-3-7-17(14-8-5-4-6-9-14)18-15-10-12-16(19-2)13-11-15/h4-6,8-9,15-18H,3,7,10-13H2,1-2H3. The number of rotatable bonds is 6. The average Bonchev–Trinajstić information content (AvgIpc) is 2.48. The molecule has 0 saturated heterocycles. The zero-order valence-electron chi connectivity index (χ0n) is 12.3. The van der Waals surface area contributed by atoms with Gasteiger partial charge in [0.25, 0.3) is 0 Å². The van der Waals surface area contributed by atoms with Crippen molar-refractivity contribution in [2.45, 2.75) is 63.6 Å². The third-order valence-corrected chi connectivity index (χ3v) is 4.22. The summed E-state index contributed by atoms with van der Waals surface area (Å²) in [5, 5.41) is 3.86. The molecule has 0 amide bonds. The smallest absolute Gasteiger partial charge is 0.0572 e. The van der Waals surface area contributed by atoms with Gasteiger partial charge in [0, 0.05) is 19.2 Å². The van der Waals surface area contributed by atoms with Gasteiger partial charge in [0.1, 0.15) is 0 Å². The fraction of sp³-hybridized carbons (Fsp3) is 0.647. The Balaban J connectivity index is 1.91. The molecule has 1 fully saturated rings. The highest BCUT2D eigenvalue weighted by atomic mass is 16.5. The second-order valence-electron chi connectivity index (χ2n) is 5.63. The Morgan fingerprint density at radius 1 is 1.16 bits per heavy atom. The monoisotopic (exact) mass is 261 g/mol. The molecule has 1 aromatic rings. The predicted octanol–water partition coefficient (Wildman–Crippen LogP) is 4.08. The molecule has 0 heterocycles. The lowest BCUT2D eigenvalue weighted by Crippen LogP contribution is -2.37. The second kappa shape index (κ2) is 7.66. The van der Waals surface area contributed by atoms with Crippen molar-refractivity contribution < 1.29 is 4.74 Å². The molecule has 1 unspecified atom stereocenters. The third-order valence-electron chi connectivity index (χ3n) is 4.22. The van der Waals surface area contributed by atoms with Crippen LogP contribution in [0.4, 0.5) is 0 Å². The minimum atomic E-state index is 0.486. The fourth-order valence-electron chi connectivity index (χ4n) is 3.07. The van der Waals surface area contributed by atoms with Crippen LogP contribution in [0.2, 0.25) is 0 Å². The Hall–Kier alpha value is -0.860. The number of ether oxygens (including phenoxy) is 1. The van der Waals surface area contributed by atoms with Crippen molar-refractivity contribution in [3.8, 4) is 0 Å². The molecular weight excluding hydrogens is 234 g/mol. The van der Waals surface area contributed by atoms with E-state index in [2.05, 4.69) is 42.6 Å². The molecule has 1 saturated carbocycles. The van der Waals surface area contributed by atoms with Gasteiger partial charge in [-0.1, -0.05) is 43.7 Å². The molecule has 2 nitrogen and oxygen atoms in total. The Morgan fingerprint density at radius 3 is 2.42 bits per heavy atom. The van der Waals surface area contributed by atoms with Gasteiger partial charge in [-0.05, 0) is 37.7 Å². The summed E-state index contributed by atoms with van der Waals surface area (Å²) in [5.41, 5.74) is 1.43. The number of benzene rings is 1. The van der Waals surface area contributed by atoms with E-state index in [4.69, 9.17) is 4.74 Å². The molecule has 0 bridgehead atoms. The van der Waals surface area contributed by atoms with E-state index in [9.17, 15) is 0 Å². The van der Waals surface area contributed by atoms with Gasteiger partial charge in [-0.3, -0.25) is 0 Å². The van der Waals surface area contributed by atoms with E-state index in [0.717, 1.165) is 0 Å². The molecule has 1 aliphatic carbocycles. The third kappa shape index (κ3) is 4.32. The first-order chi connectivity index (χ1) is 9.33. The minimum absolute atomic E-state index is 0.486. The van der Waals surface area contributed by atoms with Crippen molar-refractivity contribution in [1.29, 1.82) is 0 Å². The summed E-state index contributed by atoms with van der Waals surface area (Å²) in [5.74, 6) is 0. The van der Waals surface area contributed by atoms with Gasteiger partial charge in [-0.2, -0.15) is 0 Å². The van der Waals surface area contributed by atoms with Gasteiger partial charge in [0.15, 0.2) is 0 Å². The summed E-state index contributed by atoms with van der Waals surface area (Å²) in [6.07, 6.45) is 7.80. The molecule has 1 aromatic carbocycles. The SMILES string of the molecule is CCCC(NC1CCC(OC)CC1)c1ccccc1. The molecule has 0 aromatic heterocycles. The molecule has 0 spiro atoms. The predicted molar refractivity (Wildman–Crippen MR) is 80.3 cm³/mol. The molecule has 2 heteroatoms. The van der Waals surface area contributed by atoms with Crippen molar-refractivity contribution in [2.24, 2.45) is 0 Å². The van der Waals surface area contributed by atoms with E-state index in [1.165, 1.54) is 44.1 Å². The second-order valence-corrected chi connectivity index (χ2v) is 5.63. The van der Waals surface area contributed by atoms with Crippen LogP contribution >= 0.6 is 0 Å². The molecular formula is C17H27NO. The van der Waals surface area contributed by atoms with Gasteiger partial charge < -0.3 is 10.1 Å². The van der Waals surface area contributed by atoms with Gasteiger partial charge >= 0.3 is 0 Å². The summed E-state index contributed by atoms with van der Waals surface area (Å²) in [4.78, 5) is 0. The molecule has 106 valence electrons. The first-order valence-electron chi connectivity index (χ1n) is 7.67. The van der Waals surface area contributed by atoms with Crippen molar-refractivity contribution >= 4 is 0 Å². The van der Waals surface area contributed by atoms with Crippen LogP contribution in [0.3, 0.4) is 0 Å². The van der Waals surface area contributed by atoms with Gasteiger partial charge in [-0.15, -0.1) is 0 Å². The van der Waals surface area contributed by atoms with Gasteiger partial charge in [-0.25, -0.2) is 0 Å². The molecule has 0 radical (unpaired) electrons. The molecule has 1 aliphatic rings. The lowest BCUT2D eigenvalue weighted by molar-refractivity contribution is 0.0609. The van der Waals surface area contributed by atoms with Crippen LogP contribution in [-0.2, 0) is 4.74 Å². The topological polar surface area (TPSA) is 21.3 Å². The van der Waals surface area contributed by atoms with E-state index in [1.807, 2.05) is 7.11 Å². The van der Waals surface area contributed by atoms with Crippen LogP contribution in [0, 0.1) is 0 Å². The Bertz CT molecular complexity index is 344. The van der Waals surface area contributed by atoms with Gasteiger partial charge in [0.2, 0.25) is 0 Å². The van der Waals surface area contributed by atoms with Crippen LogP contribution < -0.4 is 5.32 Å². The number of hydrogen-bond donors (Lipinski definition) is 1. The van der Waals surface area contributed by atoms with E-state index < -0.39 is 0 Å². The first-order valence-corrected chi connectivity index (χ1v) is 7.67. The maximum Gasteiger partial charge on any atom is 0.0572 e. The van der Waals surface area contributed by atoms with Crippen molar-refractivity contribution in [3.05, 3.63) is 35.9 Å². The highest BCUT2D eigenvalue weighted by Gasteiger charge is 2.23. The van der Waals surface area contributed by atoms with Crippen LogP contribution in [0.1, 0.15) is 57.1 Å².